The van der Waals surface area contributed by atoms with Crippen molar-refractivity contribution in [2.24, 2.45) is 0 Å². The molecule has 1 aromatic carbocycles. The third-order valence-corrected chi connectivity index (χ3v) is 4.78. The maximum absolute atomic E-state index is 12.6. The maximum Gasteiger partial charge on any atom is 0.350 e. The number of thioether (sulfide) groups is 1. The van der Waals surface area contributed by atoms with E-state index in [9.17, 15) is 9.59 Å². The van der Waals surface area contributed by atoms with Gasteiger partial charge in [0.2, 0.25) is 11.6 Å². The van der Waals surface area contributed by atoms with Crippen molar-refractivity contribution in [1.82, 2.24) is 19.2 Å². The van der Waals surface area contributed by atoms with Gasteiger partial charge in [0.15, 0.2) is 5.82 Å². The van der Waals surface area contributed by atoms with Crippen molar-refractivity contribution in [3.05, 3.63) is 47.1 Å². The molecule has 0 atom stereocenters. The van der Waals surface area contributed by atoms with Crippen LogP contribution in [0.1, 0.15) is 13.3 Å². The molecule has 3 aromatic rings. The maximum atomic E-state index is 12.6. The Kier molecular flexibility index (Phi) is 5.80. The van der Waals surface area contributed by atoms with Gasteiger partial charge < -0.3 is 10.2 Å². The number of carbonyl (C=O) groups is 1. The lowest BCUT2D eigenvalue weighted by molar-refractivity contribution is -0.117. The molecule has 3 rings (SSSR count). The molecule has 0 unspecified atom stereocenters. The summed E-state index contributed by atoms with van der Waals surface area (Å²) in [6, 6.07) is 7.54. The van der Waals surface area contributed by atoms with Crippen molar-refractivity contribution in [3.8, 4) is 0 Å². The van der Waals surface area contributed by atoms with E-state index in [4.69, 9.17) is 0 Å². The largest absolute Gasteiger partial charge is 0.357 e. The van der Waals surface area contributed by atoms with Gasteiger partial charge in [-0.15, -0.1) is 16.9 Å². The summed E-state index contributed by atoms with van der Waals surface area (Å²) in [6.45, 7) is 2.69. The van der Waals surface area contributed by atoms with Crippen LogP contribution in [-0.2, 0) is 11.3 Å². The number of rotatable bonds is 7. The van der Waals surface area contributed by atoms with Crippen LogP contribution in [0.3, 0.4) is 0 Å². The van der Waals surface area contributed by atoms with Crippen LogP contribution in [0.15, 0.2) is 46.3 Å². The van der Waals surface area contributed by atoms with E-state index < -0.39 is 0 Å². The first kappa shape index (κ1) is 19.0. The van der Waals surface area contributed by atoms with Gasteiger partial charge in [0.25, 0.3) is 0 Å². The molecule has 0 fully saturated rings. The van der Waals surface area contributed by atoms with E-state index in [0.717, 1.165) is 22.5 Å². The van der Waals surface area contributed by atoms with Gasteiger partial charge in [0.05, 0.1) is 0 Å². The molecule has 0 saturated carbocycles. The predicted molar refractivity (Wildman–Crippen MR) is 108 cm³/mol. The van der Waals surface area contributed by atoms with Crippen molar-refractivity contribution < 1.29 is 4.79 Å². The highest BCUT2D eigenvalue weighted by molar-refractivity contribution is 7.98. The normalized spacial score (nSPS) is 10.9. The second kappa shape index (κ2) is 8.26. The summed E-state index contributed by atoms with van der Waals surface area (Å²) >= 11 is 1.59. The Hall–Kier alpha value is -2.81. The molecule has 0 spiro atoms. The fourth-order valence-corrected chi connectivity index (χ4v) is 3.25. The molecule has 0 aliphatic carbocycles. The zero-order valence-electron chi connectivity index (χ0n) is 15.5. The molecule has 0 radical (unpaired) electrons. The minimum absolute atomic E-state index is 0.166. The number of anilines is 2. The Morgan fingerprint density at radius 1 is 1.37 bits per heavy atom. The number of amides is 1. The van der Waals surface area contributed by atoms with E-state index in [1.54, 1.807) is 24.2 Å². The average Bonchev–Trinajstić information content (AvgIpc) is 2.97. The van der Waals surface area contributed by atoms with Gasteiger partial charge in [-0.25, -0.2) is 18.9 Å². The lowest BCUT2D eigenvalue weighted by Crippen LogP contribution is -2.28. The molecule has 1 amide bonds. The molecule has 2 aromatic heterocycles. The smallest absolute Gasteiger partial charge is 0.350 e. The fraction of sp³-hybridized carbons (Fsp3) is 0.333. The van der Waals surface area contributed by atoms with Crippen molar-refractivity contribution in [1.29, 1.82) is 0 Å². The molecule has 0 bridgehead atoms. The minimum Gasteiger partial charge on any atom is -0.357 e. The van der Waals surface area contributed by atoms with Gasteiger partial charge in [-0.1, -0.05) is 13.0 Å². The molecule has 27 heavy (non-hydrogen) atoms. The van der Waals surface area contributed by atoms with Gasteiger partial charge >= 0.3 is 5.69 Å². The van der Waals surface area contributed by atoms with Gasteiger partial charge in [-0.2, -0.15) is 0 Å². The van der Waals surface area contributed by atoms with Crippen molar-refractivity contribution in [2.45, 2.75) is 24.8 Å². The molecule has 9 heteroatoms. The summed E-state index contributed by atoms with van der Waals surface area (Å²) in [5.74, 6) is 0.304. The lowest BCUT2D eigenvalue weighted by atomic mass is 10.3. The van der Waals surface area contributed by atoms with Crippen LogP contribution in [0.5, 0.6) is 0 Å². The molecule has 2 heterocycles. The predicted octanol–water partition coefficient (Wildman–Crippen LogP) is 2.10. The summed E-state index contributed by atoms with van der Waals surface area (Å²) in [5.41, 5.74) is 0.760. The van der Waals surface area contributed by atoms with E-state index >= 15 is 0 Å². The van der Waals surface area contributed by atoms with Gasteiger partial charge in [0, 0.05) is 36.6 Å². The zero-order valence-corrected chi connectivity index (χ0v) is 16.4. The highest BCUT2D eigenvalue weighted by Crippen LogP contribution is 2.19. The molecule has 0 saturated heterocycles. The number of nitrogens with zero attached hydrogens (tertiary/aromatic N) is 5. The van der Waals surface area contributed by atoms with Crippen LogP contribution >= 0.6 is 11.8 Å². The second-order valence-electron chi connectivity index (χ2n) is 6.09. The van der Waals surface area contributed by atoms with Gasteiger partial charge in [-0.3, -0.25) is 4.79 Å². The number of hydrogen-bond donors (Lipinski definition) is 1. The first-order valence-corrected chi connectivity index (χ1v) is 9.85. The number of nitrogens with one attached hydrogen (secondary N) is 1. The Balaban J connectivity index is 1.84. The highest BCUT2D eigenvalue weighted by Gasteiger charge is 2.16. The number of aromatic nitrogens is 4. The van der Waals surface area contributed by atoms with Crippen LogP contribution < -0.4 is 15.9 Å². The summed E-state index contributed by atoms with van der Waals surface area (Å²) < 4.78 is 2.57. The Morgan fingerprint density at radius 3 is 2.93 bits per heavy atom. The van der Waals surface area contributed by atoms with E-state index in [2.05, 4.69) is 22.3 Å². The van der Waals surface area contributed by atoms with Crippen molar-refractivity contribution in [2.75, 3.05) is 30.1 Å². The fourth-order valence-electron chi connectivity index (χ4n) is 2.79. The summed E-state index contributed by atoms with van der Waals surface area (Å²) in [6.07, 6.45) is 6.04. The molecular weight excluding hydrogens is 364 g/mol. The van der Waals surface area contributed by atoms with Crippen LogP contribution in [0.25, 0.3) is 5.65 Å². The molecule has 1 N–H and O–H groups in total. The third kappa shape index (κ3) is 4.13. The van der Waals surface area contributed by atoms with Crippen LogP contribution in [0, 0.1) is 0 Å². The first-order chi connectivity index (χ1) is 13.0. The molecular formula is C18H22N6O2S. The minimum atomic E-state index is -0.369. The lowest BCUT2D eigenvalue weighted by Gasteiger charge is -2.16. The van der Waals surface area contributed by atoms with Gasteiger partial charge in [-0.05, 0) is 30.9 Å². The Morgan fingerprint density at radius 2 is 2.19 bits per heavy atom. The topological polar surface area (TPSA) is 84.5 Å². The van der Waals surface area contributed by atoms with E-state index in [1.165, 1.54) is 4.40 Å². The van der Waals surface area contributed by atoms with E-state index in [-0.39, 0.29) is 18.1 Å². The van der Waals surface area contributed by atoms with Crippen molar-refractivity contribution in [3.63, 3.8) is 0 Å². The van der Waals surface area contributed by atoms with Crippen LogP contribution in [0.2, 0.25) is 0 Å². The SMILES string of the molecule is CCCN(C)c1nccn2c(=O)n(CC(=O)Nc3cccc(SC)c3)nc12. The number of hydrogen-bond acceptors (Lipinski definition) is 6. The quantitative estimate of drug-likeness (QED) is 0.626. The number of benzene rings is 1. The summed E-state index contributed by atoms with van der Waals surface area (Å²) in [5, 5.41) is 7.14. The number of fused-ring (bicyclic) bond motifs is 1. The zero-order chi connectivity index (χ0) is 19.4. The Bertz CT molecular complexity index is 1010. The van der Waals surface area contributed by atoms with Crippen molar-refractivity contribution >= 4 is 34.8 Å². The van der Waals surface area contributed by atoms with E-state index in [0.29, 0.717) is 17.2 Å². The molecule has 0 aliphatic heterocycles. The third-order valence-electron chi connectivity index (χ3n) is 4.05. The second-order valence-corrected chi connectivity index (χ2v) is 6.97. The van der Waals surface area contributed by atoms with Crippen LogP contribution in [-0.4, -0.2) is 44.9 Å². The first-order valence-electron chi connectivity index (χ1n) is 8.62. The number of carbonyl (C=O) groups excluding carboxylic acids is 1. The van der Waals surface area contributed by atoms with E-state index in [1.807, 2.05) is 42.5 Å². The van der Waals surface area contributed by atoms with Crippen LogP contribution in [0.4, 0.5) is 11.5 Å². The summed E-state index contributed by atoms with van der Waals surface area (Å²) in [4.78, 5) is 32.3. The molecule has 0 aliphatic rings. The van der Waals surface area contributed by atoms with Gasteiger partial charge in [0.1, 0.15) is 6.54 Å². The Labute approximate surface area is 161 Å². The average molecular weight is 386 g/mol. The highest BCUT2D eigenvalue weighted by atomic mass is 32.2. The standard InChI is InChI=1S/C18H22N6O2S/c1-4-9-22(2)16-17-21-24(18(26)23(17)10-8-19-16)12-15(25)20-13-6-5-7-14(11-13)27-3/h5-8,10-11H,4,9,12H2,1-3H3,(H,20,25). The monoisotopic (exact) mass is 386 g/mol. The summed E-state index contributed by atoms with van der Waals surface area (Å²) in [7, 11) is 1.90. The molecule has 8 nitrogen and oxygen atoms in total. The molecule has 142 valence electrons.